The molecule has 0 unspecified atom stereocenters. The van der Waals surface area contributed by atoms with Crippen molar-refractivity contribution < 1.29 is 9.59 Å². The Labute approximate surface area is 173 Å². The topological polar surface area (TPSA) is 62.3 Å². The standard InChI is InChI=1S/C24H31N3O2/c1-16(2)19-9-8-10-20(17(3)4)22(19)26-23(28)18-11-12-25-21(15-18)24(29)27-13-6-5-7-14-27/h8-12,15-17H,5-7,13-14H2,1-4H3,(H,26,28). The Morgan fingerprint density at radius 2 is 1.59 bits per heavy atom. The zero-order valence-electron chi connectivity index (χ0n) is 17.9. The summed E-state index contributed by atoms with van der Waals surface area (Å²) in [5.74, 6) is 0.273. The van der Waals surface area contributed by atoms with Crippen LogP contribution in [0, 0.1) is 0 Å². The second kappa shape index (κ2) is 9.21. The molecule has 3 rings (SSSR count). The van der Waals surface area contributed by atoms with Crippen LogP contribution in [0.15, 0.2) is 36.5 Å². The summed E-state index contributed by atoms with van der Waals surface area (Å²) < 4.78 is 0. The number of aromatic nitrogens is 1. The lowest BCUT2D eigenvalue weighted by atomic mass is 9.92. The molecule has 0 radical (unpaired) electrons. The van der Waals surface area contributed by atoms with Crippen LogP contribution in [0.4, 0.5) is 5.69 Å². The lowest BCUT2D eigenvalue weighted by Crippen LogP contribution is -2.36. The number of nitrogens with zero attached hydrogens (tertiary/aromatic N) is 2. The van der Waals surface area contributed by atoms with Crippen LogP contribution in [0.3, 0.4) is 0 Å². The van der Waals surface area contributed by atoms with Gasteiger partial charge in [-0.15, -0.1) is 0 Å². The quantitative estimate of drug-likeness (QED) is 0.759. The Bertz CT molecular complexity index is 857. The first-order valence-corrected chi connectivity index (χ1v) is 10.6. The van der Waals surface area contributed by atoms with Gasteiger partial charge in [-0.25, -0.2) is 0 Å². The predicted molar refractivity (Wildman–Crippen MR) is 117 cm³/mol. The molecule has 29 heavy (non-hydrogen) atoms. The van der Waals surface area contributed by atoms with Crippen LogP contribution < -0.4 is 5.32 Å². The number of piperidine rings is 1. The molecule has 1 fully saturated rings. The van der Waals surface area contributed by atoms with Crippen molar-refractivity contribution in [3.05, 3.63) is 58.9 Å². The second-order valence-corrected chi connectivity index (χ2v) is 8.36. The SMILES string of the molecule is CC(C)c1cccc(C(C)C)c1NC(=O)c1ccnc(C(=O)N2CCCCC2)c1. The van der Waals surface area contributed by atoms with Crippen molar-refractivity contribution in [3.63, 3.8) is 0 Å². The Kier molecular flexibility index (Phi) is 6.68. The zero-order valence-corrected chi connectivity index (χ0v) is 17.9. The molecule has 0 bridgehead atoms. The molecule has 0 atom stereocenters. The minimum absolute atomic E-state index is 0.0928. The summed E-state index contributed by atoms with van der Waals surface area (Å²) in [6, 6.07) is 9.44. The van der Waals surface area contributed by atoms with Crippen molar-refractivity contribution in [2.24, 2.45) is 0 Å². The van der Waals surface area contributed by atoms with Gasteiger partial charge in [0.2, 0.25) is 0 Å². The molecule has 154 valence electrons. The minimum atomic E-state index is -0.213. The highest BCUT2D eigenvalue weighted by molar-refractivity contribution is 6.06. The maximum atomic E-state index is 13.1. The van der Waals surface area contributed by atoms with E-state index in [0.29, 0.717) is 11.3 Å². The fourth-order valence-corrected chi connectivity index (χ4v) is 3.83. The molecule has 1 aromatic carbocycles. The third-order valence-corrected chi connectivity index (χ3v) is 5.50. The first-order valence-electron chi connectivity index (χ1n) is 10.6. The maximum absolute atomic E-state index is 13.1. The summed E-state index contributed by atoms with van der Waals surface area (Å²) in [4.78, 5) is 31.9. The number of likely N-dealkylation sites (tertiary alicyclic amines) is 1. The van der Waals surface area contributed by atoms with Crippen molar-refractivity contribution in [1.82, 2.24) is 9.88 Å². The summed E-state index contributed by atoms with van der Waals surface area (Å²) >= 11 is 0. The molecular formula is C24H31N3O2. The van der Waals surface area contributed by atoms with Crippen LogP contribution in [0.25, 0.3) is 0 Å². The molecule has 1 saturated heterocycles. The molecule has 2 heterocycles. The lowest BCUT2D eigenvalue weighted by Gasteiger charge is -2.26. The normalized spacial score (nSPS) is 14.3. The summed E-state index contributed by atoms with van der Waals surface area (Å²) in [6.07, 6.45) is 4.75. The fourth-order valence-electron chi connectivity index (χ4n) is 3.83. The van der Waals surface area contributed by atoms with Gasteiger partial charge < -0.3 is 10.2 Å². The van der Waals surface area contributed by atoms with Gasteiger partial charge in [0.25, 0.3) is 11.8 Å². The Balaban J connectivity index is 1.86. The number of pyridine rings is 1. The van der Waals surface area contributed by atoms with E-state index in [1.165, 1.54) is 0 Å². The number of nitrogens with one attached hydrogen (secondary N) is 1. The molecule has 2 amide bonds. The van der Waals surface area contributed by atoms with Crippen molar-refractivity contribution in [2.75, 3.05) is 18.4 Å². The van der Waals surface area contributed by atoms with E-state index in [4.69, 9.17) is 0 Å². The van der Waals surface area contributed by atoms with E-state index >= 15 is 0 Å². The van der Waals surface area contributed by atoms with E-state index in [0.717, 1.165) is 49.2 Å². The average Bonchev–Trinajstić information content (AvgIpc) is 2.73. The fraction of sp³-hybridized carbons (Fsp3) is 0.458. The van der Waals surface area contributed by atoms with Crippen molar-refractivity contribution in [1.29, 1.82) is 0 Å². The highest BCUT2D eigenvalue weighted by Crippen LogP contribution is 2.32. The van der Waals surface area contributed by atoms with Crippen LogP contribution in [0.1, 0.15) is 90.8 Å². The molecule has 0 aliphatic carbocycles. The minimum Gasteiger partial charge on any atom is -0.337 e. The van der Waals surface area contributed by atoms with Crippen molar-refractivity contribution in [3.8, 4) is 0 Å². The number of amides is 2. The Hall–Kier alpha value is -2.69. The van der Waals surface area contributed by atoms with Gasteiger partial charge in [0.05, 0.1) is 0 Å². The summed E-state index contributed by atoms with van der Waals surface area (Å²) in [5.41, 5.74) is 3.89. The summed E-state index contributed by atoms with van der Waals surface area (Å²) in [6.45, 7) is 10.0. The van der Waals surface area contributed by atoms with Crippen LogP contribution in [0.5, 0.6) is 0 Å². The number of hydrogen-bond acceptors (Lipinski definition) is 3. The zero-order chi connectivity index (χ0) is 21.0. The number of rotatable bonds is 5. The lowest BCUT2D eigenvalue weighted by molar-refractivity contribution is 0.0718. The van der Waals surface area contributed by atoms with Gasteiger partial charge in [0.1, 0.15) is 5.69 Å². The third kappa shape index (κ3) is 4.84. The highest BCUT2D eigenvalue weighted by atomic mass is 16.2. The molecule has 1 aliphatic heterocycles. The van der Waals surface area contributed by atoms with Gasteiger partial charge in [-0.3, -0.25) is 14.6 Å². The molecule has 5 heteroatoms. The Morgan fingerprint density at radius 1 is 0.966 bits per heavy atom. The number of carbonyl (C=O) groups is 2. The van der Waals surface area contributed by atoms with Gasteiger partial charge in [0, 0.05) is 30.5 Å². The smallest absolute Gasteiger partial charge is 0.272 e. The number of carbonyl (C=O) groups excluding carboxylic acids is 2. The van der Waals surface area contributed by atoms with E-state index in [9.17, 15) is 9.59 Å². The Morgan fingerprint density at radius 3 is 2.17 bits per heavy atom. The van der Waals surface area contributed by atoms with Gasteiger partial charge >= 0.3 is 0 Å². The number of benzene rings is 1. The molecule has 1 N–H and O–H groups in total. The van der Waals surface area contributed by atoms with Crippen LogP contribution >= 0.6 is 0 Å². The summed E-state index contributed by atoms with van der Waals surface area (Å²) in [7, 11) is 0. The number of para-hydroxylation sites is 1. The molecule has 1 aliphatic rings. The van der Waals surface area contributed by atoms with E-state index in [1.54, 1.807) is 18.3 Å². The monoisotopic (exact) mass is 393 g/mol. The predicted octanol–water partition coefficient (Wildman–Crippen LogP) is 5.21. The van der Waals surface area contributed by atoms with Gasteiger partial charge in [-0.05, 0) is 54.4 Å². The first-order chi connectivity index (χ1) is 13.9. The maximum Gasteiger partial charge on any atom is 0.272 e. The first kappa shape index (κ1) is 21.0. The molecule has 1 aromatic heterocycles. The van der Waals surface area contributed by atoms with E-state index in [-0.39, 0.29) is 23.7 Å². The van der Waals surface area contributed by atoms with Crippen LogP contribution in [-0.4, -0.2) is 34.8 Å². The molecular weight excluding hydrogens is 362 g/mol. The van der Waals surface area contributed by atoms with Crippen molar-refractivity contribution >= 4 is 17.5 Å². The second-order valence-electron chi connectivity index (χ2n) is 8.36. The number of anilines is 1. The highest BCUT2D eigenvalue weighted by Gasteiger charge is 2.21. The van der Waals surface area contributed by atoms with E-state index in [2.05, 4.69) is 50.1 Å². The average molecular weight is 394 g/mol. The van der Waals surface area contributed by atoms with E-state index < -0.39 is 0 Å². The molecule has 2 aromatic rings. The third-order valence-electron chi connectivity index (χ3n) is 5.50. The van der Waals surface area contributed by atoms with Gasteiger partial charge in [-0.2, -0.15) is 0 Å². The van der Waals surface area contributed by atoms with E-state index in [1.807, 2.05) is 11.0 Å². The van der Waals surface area contributed by atoms with Crippen LogP contribution in [0.2, 0.25) is 0 Å². The largest absolute Gasteiger partial charge is 0.337 e. The molecule has 5 nitrogen and oxygen atoms in total. The van der Waals surface area contributed by atoms with Crippen LogP contribution in [-0.2, 0) is 0 Å². The number of hydrogen-bond donors (Lipinski definition) is 1. The van der Waals surface area contributed by atoms with Crippen molar-refractivity contribution in [2.45, 2.75) is 58.8 Å². The molecule has 0 saturated carbocycles. The summed E-state index contributed by atoms with van der Waals surface area (Å²) in [5, 5.41) is 3.11. The van der Waals surface area contributed by atoms with Gasteiger partial charge in [0.15, 0.2) is 0 Å². The molecule has 0 spiro atoms. The van der Waals surface area contributed by atoms with Gasteiger partial charge in [-0.1, -0.05) is 45.9 Å².